The van der Waals surface area contributed by atoms with E-state index in [1.165, 1.54) is 5.56 Å². The number of nitrogens with zero attached hydrogens (tertiary/aromatic N) is 3. The number of anilines is 1. The molecule has 5 nitrogen and oxygen atoms in total. The molecule has 6 heteroatoms. The second-order valence-electron chi connectivity index (χ2n) is 7.77. The third kappa shape index (κ3) is 5.64. The zero-order valence-corrected chi connectivity index (χ0v) is 18.6. The summed E-state index contributed by atoms with van der Waals surface area (Å²) in [5.74, 6) is 0.940. The number of carbonyl (C=O) groups is 1. The van der Waals surface area contributed by atoms with Crippen molar-refractivity contribution in [3.8, 4) is 0 Å². The van der Waals surface area contributed by atoms with Crippen LogP contribution in [0.2, 0.25) is 0 Å². The Labute approximate surface area is 188 Å². The van der Waals surface area contributed by atoms with Crippen molar-refractivity contribution >= 4 is 23.5 Å². The van der Waals surface area contributed by atoms with Gasteiger partial charge in [0, 0.05) is 36.9 Å². The van der Waals surface area contributed by atoms with E-state index in [4.69, 9.17) is 0 Å². The number of aryl methyl sites for hydroxylation is 1. The van der Waals surface area contributed by atoms with Gasteiger partial charge in [-0.2, -0.15) is 0 Å². The molecular weight excluding hydrogens is 404 g/mol. The third-order valence-corrected chi connectivity index (χ3v) is 6.58. The number of carbonyl (C=O) groups excluding carboxylic acids is 1. The molecule has 3 aromatic rings. The van der Waals surface area contributed by atoms with Gasteiger partial charge in [0.15, 0.2) is 5.82 Å². The number of rotatable bonds is 7. The Bertz CT molecular complexity index is 994. The summed E-state index contributed by atoms with van der Waals surface area (Å²) in [5.41, 5.74) is 2.44. The second kappa shape index (κ2) is 10.4. The van der Waals surface area contributed by atoms with Gasteiger partial charge in [0.25, 0.3) is 0 Å². The molecule has 1 saturated heterocycles. The first kappa shape index (κ1) is 21.4. The fourth-order valence-electron chi connectivity index (χ4n) is 3.82. The molecule has 0 aliphatic carbocycles. The lowest BCUT2D eigenvalue weighted by Gasteiger charge is -2.33. The quantitative estimate of drug-likeness (QED) is 0.585. The fourth-order valence-corrected chi connectivity index (χ4v) is 4.72. The molecule has 0 bridgehead atoms. The summed E-state index contributed by atoms with van der Waals surface area (Å²) in [6, 6.07) is 18.6. The number of amides is 1. The summed E-state index contributed by atoms with van der Waals surface area (Å²) in [5, 5.41) is 4.01. The van der Waals surface area contributed by atoms with Crippen LogP contribution in [0.5, 0.6) is 0 Å². The van der Waals surface area contributed by atoms with Gasteiger partial charge < -0.3 is 10.2 Å². The summed E-state index contributed by atoms with van der Waals surface area (Å²) < 4.78 is 0. The van der Waals surface area contributed by atoms with E-state index in [0.717, 1.165) is 47.1 Å². The minimum absolute atomic E-state index is 0.0414. The highest BCUT2D eigenvalue weighted by Gasteiger charge is 2.28. The lowest BCUT2D eigenvalue weighted by molar-refractivity contribution is -0.125. The van der Waals surface area contributed by atoms with Gasteiger partial charge in [0.2, 0.25) is 5.91 Å². The van der Waals surface area contributed by atoms with Crippen molar-refractivity contribution in [3.05, 3.63) is 78.1 Å². The van der Waals surface area contributed by atoms with Gasteiger partial charge >= 0.3 is 0 Å². The summed E-state index contributed by atoms with van der Waals surface area (Å²) in [7, 11) is 0. The molecule has 1 fully saturated rings. The van der Waals surface area contributed by atoms with Crippen molar-refractivity contribution in [2.24, 2.45) is 5.92 Å². The van der Waals surface area contributed by atoms with Crippen molar-refractivity contribution in [2.45, 2.75) is 42.7 Å². The maximum Gasteiger partial charge on any atom is 0.225 e. The van der Waals surface area contributed by atoms with Crippen molar-refractivity contribution in [1.82, 2.24) is 15.3 Å². The van der Waals surface area contributed by atoms with Gasteiger partial charge in [0.05, 0.1) is 5.92 Å². The van der Waals surface area contributed by atoms with Crippen LogP contribution in [0.4, 0.5) is 5.82 Å². The molecule has 0 radical (unpaired) electrons. The summed E-state index contributed by atoms with van der Waals surface area (Å²) in [4.78, 5) is 25.4. The molecule has 1 aliphatic rings. The van der Waals surface area contributed by atoms with Crippen LogP contribution in [-0.2, 0) is 17.8 Å². The lowest BCUT2D eigenvalue weighted by atomic mass is 9.97. The summed E-state index contributed by atoms with van der Waals surface area (Å²) in [6.45, 7) is 4.27. The average Bonchev–Trinajstić information content (AvgIpc) is 2.84. The summed E-state index contributed by atoms with van der Waals surface area (Å²) >= 11 is 1.61. The first-order valence-corrected chi connectivity index (χ1v) is 11.7. The lowest BCUT2D eigenvalue weighted by Crippen LogP contribution is -2.43. The number of piperidine rings is 1. The van der Waals surface area contributed by atoms with Crippen LogP contribution < -0.4 is 10.2 Å². The van der Waals surface area contributed by atoms with Crippen LogP contribution in [-0.4, -0.2) is 29.0 Å². The molecule has 31 heavy (non-hydrogen) atoms. The second-order valence-corrected chi connectivity index (χ2v) is 8.84. The fraction of sp³-hybridized carbons (Fsp3) is 0.320. The van der Waals surface area contributed by atoms with E-state index in [9.17, 15) is 4.79 Å². The van der Waals surface area contributed by atoms with Gasteiger partial charge in [-0.25, -0.2) is 9.97 Å². The minimum Gasteiger partial charge on any atom is -0.354 e. The van der Waals surface area contributed by atoms with E-state index >= 15 is 0 Å². The number of nitrogens with one attached hydrogen (secondary N) is 1. The highest BCUT2D eigenvalue weighted by atomic mass is 32.2. The van der Waals surface area contributed by atoms with Crippen LogP contribution in [0.3, 0.4) is 0 Å². The molecule has 1 N–H and O–H groups in total. The highest BCUT2D eigenvalue weighted by molar-refractivity contribution is 7.99. The third-order valence-electron chi connectivity index (χ3n) is 5.59. The minimum atomic E-state index is -0.0414. The van der Waals surface area contributed by atoms with Gasteiger partial charge in [0.1, 0.15) is 5.03 Å². The molecule has 1 atom stereocenters. The zero-order valence-electron chi connectivity index (χ0n) is 17.8. The first-order valence-electron chi connectivity index (χ1n) is 10.9. The van der Waals surface area contributed by atoms with Crippen molar-refractivity contribution < 1.29 is 4.79 Å². The molecular formula is C25H28N4OS. The van der Waals surface area contributed by atoms with E-state index in [2.05, 4.69) is 63.5 Å². The van der Waals surface area contributed by atoms with Gasteiger partial charge in [-0.05, 0) is 42.5 Å². The Hall–Kier alpha value is -2.86. The Balaban J connectivity index is 1.39. The SMILES string of the molecule is CCc1ccc(CNC(=O)[C@@H]2CCCN(c3nccnc3Sc3ccccc3)C2)cc1. The molecule has 1 amide bonds. The maximum absolute atomic E-state index is 12.9. The smallest absolute Gasteiger partial charge is 0.225 e. The Morgan fingerprint density at radius 3 is 2.58 bits per heavy atom. The van der Waals surface area contributed by atoms with Crippen LogP contribution in [0.1, 0.15) is 30.9 Å². The molecule has 160 valence electrons. The number of hydrogen-bond donors (Lipinski definition) is 1. The van der Waals surface area contributed by atoms with E-state index in [0.29, 0.717) is 13.1 Å². The van der Waals surface area contributed by atoms with Gasteiger partial charge in [-0.15, -0.1) is 0 Å². The van der Waals surface area contributed by atoms with Crippen molar-refractivity contribution in [3.63, 3.8) is 0 Å². The first-order chi connectivity index (χ1) is 15.2. The van der Waals surface area contributed by atoms with Gasteiger partial charge in [-0.1, -0.05) is 61.2 Å². The predicted octanol–water partition coefficient (Wildman–Crippen LogP) is 4.72. The van der Waals surface area contributed by atoms with E-state index in [1.54, 1.807) is 24.2 Å². The van der Waals surface area contributed by atoms with E-state index in [-0.39, 0.29) is 11.8 Å². The Morgan fingerprint density at radius 1 is 1.06 bits per heavy atom. The Morgan fingerprint density at radius 2 is 1.81 bits per heavy atom. The van der Waals surface area contributed by atoms with E-state index < -0.39 is 0 Å². The molecule has 1 aromatic heterocycles. The molecule has 0 saturated carbocycles. The molecule has 2 heterocycles. The maximum atomic E-state index is 12.9. The van der Waals surface area contributed by atoms with E-state index in [1.807, 2.05) is 18.2 Å². The largest absolute Gasteiger partial charge is 0.354 e. The Kier molecular flexibility index (Phi) is 7.20. The highest BCUT2D eigenvalue weighted by Crippen LogP contribution is 2.33. The molecule has 0 spiro atoms. The predicted molar refractivity (Wildman–Crippen MR) is 125 cm³/mol. The normalized spacial score (nSPS) is 16.2. The molecule has 0 unspecified atom stereocenters. The van der Waals surface area contributed by atoms with Crippen LogP contribution in [0.15, 0.2) is 76.9 Å². The molecule has 1 aliphatic heterocycles. The number of benzene rings is 2. The summed E-state index contributed by atoms with van der Waals surface area (Å²) in [6.07, 6.45) is 6.35. The monoisotopic (exact) mass is 432 g/mol. The number of aromatic nitrogens is 2. The van der Waals surface area contributed by atoms with Crippen molar-refractivity contribution in [1.29, 1.82) is 0 Å². The zero-order chi connectivity index (χ0) is 21.5. The topological polar surface area (TPSA) is 58.1 Å². The standard InChI is InChI=1S/C25H28N4OS/c1-2-19-10-12-20(13-11-19)17-28-24(30)21-7-6-16-29(18-21)23-25(27-15-14-26-23)31-22-8-4-3-5-9-22/h3-5,8-15,21H,2,6-7,16-18H2,1H3,(H,28,30)/t21-/m1/s1. The van der Waals surface area contributed by atoms with Crippen LogP contribution >= 0.6 is 11.8 Å². The van der Waals surface area contributed by atoms with Gasteiger partial charge in [-0.3, -0.25) is 4.79 Å². The molecule has 4 rings (SSSR count). The average molecular weight is 433 g/mol. The molecule has 2 aromatic carbocycles. The number of hydrogen-bond acceptors (Lipinski definition) is 5. The van der Waals surface area contributed by atoms with Crippen LogP contribution in [0, 0.1) is 5.92 Å². The van der Waals surface area contributed by atoms with Crippen molar-refractivity contribution in [2.75, 3.05) is 18.0 Å². The van der Waals surface area contributed by atoms with Crippen LogP contribution in [0.25, 0.3) is 0 Å².